The van der Waals surface area contributed by atoms with E-state index < -0.39 is 0 Å². The molecule has 0 saturated carbocycles. The topological polar surface area (TPSA) is 71.2 Å². The third-order valence-corrected chi connectivity index (χ3v) is 4.73. The Kier molecular flexibility index (Phi) is 4.65. The molecule has 2 aromatic heterocycles. The lowest BCUT2D eigenvalue weighted by atomic mass is 10.2. The average molecular weight is 373 g/mol. The van der Waals surface area contributed by atoms with E-state index in [9.17, 15) is 0 Å². The fourth-order valence-electron chi connectivity index (χ4n) is 3.26. The Morgan fingerprint density at radius 3 is 2.61 bits per heavy atom. The summed E-state index contributed by atoms with van der Waals surface area (Å²) >= 11 is 0. The summed E-state index contributed by atoms with van der Waals surface area (Å²) in [5.41, 5.74) is 8.96. The highest BCUT2D eigenvalue weighted by atomic mass is 15.4. The minimum Gasteiger partial charge on any atom is -0.378 e. The van der Waals surface area contributed by atoms with Crippen molar-refractivity contribution in [1.82, 2.24) is 19.7 Å². The zero-order valence-corrected chi connectivity index (χ0v) is 16.5. The van der Waals surface area contributed by atoms with Gasteiger partial charge in [-0.15, -0.1) is 10.2 Å². The van der Waals surface area contributed by atoms with E-state index in [1.807, 2.05) is 38.4 Å². The maximum atomic E-state index is 4.64. The van der Waals surface area contributed by atoms with Crippen molar-refractivity contribution in [2.24, 2.45) is 5.10 Å². The Balaban J connectivity index is 1.62. The van der Waals surface area contributed by atoms with Crippen LogP contribution in [0.1, 0.15) is 18.1 Å². The molecule has 142 valence electrons. The fraction of sp³-hybridized carbons (Fsp3) is 0.238. The summed E-state index contributed by atoms with van der Waals surface area (Å²) in [6, 6.07) is 14.5. The summed E-state index contributed by atoms with van der Waals surface area (Å²) in [4.78, 5) is 6.70. The summed E-state index contributed by atoms with van der Waals surface area (Å²) in [6.07, 6.45) is 1.74. The predicted molar refractivity (Wildman–Crippen MR) is 115 cm³/mol. The van der Waals surface area contributed by atoms with Gasteiger partial charge in [0.05, 0.1) is 11.7 Å². The molecule has 0 aliphatic heterocycles. The van der Waals surface area contributed by atoms with Crippen molar-refractivity contribution >= 4 is 39.9 Å². The summed E-state index contributed by atoms with van der Waals surface area (Å²) in [5.74, 6) is 0.378. The number of nitrogens with zero attached hydrogens (tertiary/aromatic N) is 6. The molecule has 7 nitrogen and oxygen atoms in total. The summed E-state index contributed by atoms with van der Waals surface area (Å²) in [6.45, 7) is 4.98. The molecule has 0 radical (unpaired) electrons. The van der Waals surface area contributed by atoms with Gasteiger partial charge in [-0.1, -0.05) is 23.8 Å². The van der Waals surface area contributed by atoms with Crippen molar-refractivity contribution in [2.75, 3.05) is 24.4 Å². The molecule has 4 rings (SSSR count). The lowest BCUT2D eigenvalue weighted by Crippen LogP contribution is -2.08. The number of hydrogen-bond acceptors (Lipinski definition) is 6. The molecule has 0 saturated heterocycles. The minimum absolute atomic E-state index is 0.378. The minimum atomic E-state index is 0.378. The molecule has 0 unspecified atom stereocenters. The Bertz CT molecular complexity index is 1160. The quantitative estimate of drug-likeness (QED) is 0.425. The highest BCUT2D eigenvalue weighted by Crippen LogP contribution is 2.27. The molecule has 0 fully saturated rings. The number of aryl methyl sites for hydroxylation is 2. The van der Waals surface area contributed by atoms with Gasteiger partial charge in [-0.25, -0.2) is 5.43 Å². The Hall–Kier alpha value is -3.48. The van der Waals surface area contributed by atoms with Crippen molar-refractivity contribution in [3.8, 4) is 0 Å². The maximum absolute atomic E-state index is 4.64. The maximum Gasteiger partial charge on any atom is 0.265 e. The van der Waals surface area contributed by atoms with Crippen LogP contribution in [0, 0.1) is 6.92 Å². The second-order valence-corrected chi connectivity index (χ2v) is 6.93. The van der Waals surface area contributed by atoms with E-state index in [1.165, 1.54) is 5.56 Å². The number of rotatable bonds is 5. The lowest BCUT2D eigenvalue weighted by Gasteiger charge is -2.11. The first kappa shape index (κ1) is 17.9. The van der Waals surface area contributed by atoms with Crippen LogP contribution in [-0.4, -0.2) is 40.1 Å². The standard InChI is InChI=1S/C21H23N7/c1-5-28-18-11-6-14(2)12-17(18)19-20(28)23-21(26-24-19)25-22-13-15-7-9-16(10-8-15)27(3)4/h6-13H,5H2,1-4H3,(H,23,25,26)/b22-13+. The summed E-state index contributed by atoms with van der Waals surface area (Å²) < 4.78 is 2.15. The van der Waals surface area contributed by atoms with Gasteiger partial charge in [0.25, 0.3) is 5.95 Å². The van der Waals surface area contributed by atoms with Crippen LogP contribution in [0.3, 0.4) is 0 Å². The van der Waals surface area contributed by atoms with Crippen molar-refractivity contribution in [1.29, 1.82) is 0 Å². The zero-order chi connectivity index (χ0) is 19.7. The Labute approximate surface area is 163 Å². The van der Waals surface area contributed by atoms with Crippen molar-refractivity contribution in [2.45, 2.75) is 20.4 Å². The lowest BCUT2D eigenvalue weighted by molar-refractivity contribution is 0.811. The molecule has 0 amide bonds. The van der Waals surface area contributed by atoms with Crippen molar-refractivity contribution in [3.63, 3.8) is 0 Å². The summed E-state index contributed by atoms with van der Waals surface area (Å²) in [5, 5.41) is 13.9. The van der Waals surface area contributed by atoms with Crippen LogP contribution < -0.4 is 10.3 Å². The van der Waals surface area contributed by atoms with Gasteiger partial charge in [-0.3, -0.25) is 0 Å². The highest BCUT2D eigenvalue weighted by molar-refractivity contribution is 6.04. The van der Waals surface area contributed by atoms with Gasteiger partial charge in [0.15, 0.2) is 5.65 Å². The van der Waals surface area contributed by atoms with E-state index in [0.29, 0.717) is 5.95 Å². The molecule has 2 heterocycles. The molecule has 0 bridgehead atoms. The number of hydrazone groups is 1. The van der Waals surface area contributed by atoms with Crippen molar-refractivity contribution < 1.29 is 0 Å². The molecule has 1 N–H and O–H groups in total. The van der Waals surface area contributed by atoms with E-state index in [0.717, 1.165) is 39.9 Å². The molecular weight excluding hydrogens is 350 g/mol. The van der Waals surface area contributed by atoms with Gasteiger partial charge in [0.2, 0.25) is 0 Å². The second kappa shape index (κ2) is 7.26. The number of fused-ring (bicyclic) bond motifs is 3. The largest absolute Gasteiger partial charge is 0.378 e. The van der Waals surface area contributed by atoms with E-state index in [4.69, 9.17) is 0 Å². The number of nitrogens with one attached hydrogen (secondary N) is 1. The first-order valence-corrected chi connectivity index (χ1v) is 9.26. The normalized spacial score (nSPS) is 11.6. The van der Waals surface area contributed by atoms with E-state index >= 15 is 0 Å². The fourth-order valence-corrected chi connectivity index (χ4v) is 3.26. The average Bonchev–Trinajstić information content (AvgIpc) is 3.00. The van der Waals surface area contributed by atoms with Crippen LogP contribution in [0.2, 0.25) is 0 Å². The molecule has 2 aromatic carbocycles. The van der Waals surface area contributed by atoms with Crippen LogP contribution in [0.15, 0.2) is 47.6 Å². The number of aromatic nitrogens is 4. The highest BCUT2D eigenvalue weighted by Gasteiger charge is 2.13. The first-order valence-electron chi connectivity index (χ1n) is 9.26. The Morgan fingerprint density at radius 1 is 1.11 bits per heavy atom. The van der Waals surface area contributed by atoms with Gasteiger partial charge in [-0.05, 0) is 43.7 Å². The molecule has 0 spiro atoms. The van der Waals surface area contributed by atoms with Crippen LogP contribution >= 0.6 is 0 Å². The number of hydrogen-bond donors (Lipinski definition) is 1. The molecule has 7 heteroatoms. The molecule has 28 heavy (non-hydrogen) atoms. The second-order valence-electron chi connectivity index (χ2n) is 6.93. The number of anilines is 2. The molecular formula is C21H23N7. The van der Waals surface area contributed by atoms with Gasteiger partial charge < -0.3 is 9.47 Å². The van der Waals surface area contributed by atoms with E-state index in [2.05, 4.69) is 67.2 Å². The molecule has 0 aliphatic rings. The monoisotopic (exact) mass is 373 g/mol. The SMILES string of the molecule is CCn1c2ccc(C)cc2c2nnc(N/N=C/c3ccc(N(C)C)cc3)nc21. The zero-order valence-electron chi connectivity index (χ0n) is 16.5. The van der Waals surface area contributed by atoms with Crippen LogP contribution in [0.4, 0.5) is 11.6 Å². The smallest absolute Gasteiger partial charge is 0.265 e. The molecule has 4 aromatic rings. The predicted octanol–water partition coefficient (Wildman–Crippen LogP) is 3.82. The van der Waals surface area contributed by atoms with Crippen molar-refractivity contribution in [3.05, 3.63) is 53.6 Å². The third-order valence-electron chi connectivity index (χ3n) is 4.73. The van der Waals surface area contributed by atoms with Crippen LogP contribution in [0.5, 0.6) is 0 Å². The van der Waals surface area contributed by atoms with Gasteiger partial charge >= 0.3 is 0 Å². The van der Waals surface area contributed by atoms with Gasteiger partial charge in [-0.2, -0.15) is 10.1 Å². The number of benzene rings is 2. The summed E-state index contributed by atoms with van der Waals surface area (Å²) in [7, 11) is 4.03. The van der Waals surface area contributed by atoms with Crippen LogP contribution in [0.25, 0.3) is 22.1 Å². The van der Waals surface area contributed by atoms with E-state index in [-0.39, 0.29) is 0 Å². The third kappa shape index (κ3) is 3.26. The van der Waals surface area contributed by atoms with E-state index in [1.54, 1.807) is 6.21 Å². The van der Waals surface area contributed by atoms with Gasteiger partial charge in [0.1, 0.15) is 5.52 Å². The first-order chi connectivity index (χ1) is 13.6. The van der Waals surface area contributed by atoms with Gasteiger partial charge in [0, 0.05) is 31.7 Å². The van der Waals surface area contributed by atoms with Crippen LogP contribution in [-0.2, 0) is 6.54 Å². The Morgan fingerprint density at radius 2 is 1.89 bits per heavy atom. The molecule has 0 aliphatic carbocycles. The molecule has 0 atom stereocenters.